The standard InChI is InChI=1S/C18H19N5S2/c1-10(2)15-20-17-14(11(3)12(4)25-17)16-21-22-18(23(15)16)24-9-13-6-5-7-19-8-13/h5-8,10H,9H2,1-4H3. The van der Waals surface area contributed by atoms with Crippen molar-refractivity contribution in [3.8, 4) is 0 Å². The predicted molar refractivity (Wildman–Crippen MR) is 104 cm³/mol. The van der Waals surface area contributed by atoms with Crippen LogP contribution >= 0.6 is 23.1 Å². The van der Waals surface area contributed by atoms with Gasteiger partial charge in [0, 0.05) is 28.9 Å². The lowest BCUT2D eigenvalue weighted by atomic mass is 10.2. The average Bonchev–Trinajstić information content (AvgIpc) is 3.14. The van der Waals surface area contributed by atoms with E-state index in [-0.39, 0.29) is 0 Å². The van der Waals surface area contributed by atoms with Crippen LogP contribution in [0.1, 0.15) is 41.6 Å². The first-order valence-corrected chi connectivity index (χ1v) is 10.0. The van der Waals surface area contributed by atoms with Crippen molar-refractivity contribution in [2.24, 2.45) is 0 Å². The summed E-state index contributed by atoms with van der Waals surface area (Å²) in [4.78, 5) is 11.5. The lowest BCUT2D eigenvalue weighted by molar-refractivity contribution is 0.729. The van der Waals surface area contributed by atoms with Crippen molar-refractivity contribution in [3.63, 3.8) is 0 Å². The quantitative estimate of drug-likeness (QED) is 0.485. The lowest BCUT2D eigenvalue weighted by Crippen LogP contribution is -2.04. The summed E-state index contributed by atoms with van der Waals surface area (Å²) in [6.07, 6.45) is 3.68. The van der Waals surface area contributed by atoms with E-state index in [1.54, 1.807) is 29.3 Å². The Morgan fingerprint density at radius 1 is 1.24 bits per heavy atom. The largest absolute Gasteiger partial charge is 0.264 e. The van der Waals surface area contributed by atoms with Crippen LogP contribution < -0.4 is 0 Å². The molecule has 0 spiro atoms. The number of aryl methyl sites for hydroxylation is 2. The van der Waals surface area contributed by atoms with Gasteiger partial charge in [-0.3, -0.25) is 9.38 Å². The number of hydrogen-bond acceptors (Lipinski definition) is 6. The molecule has 0 atom stereocenters. The molecule has 4 aromatic rings. The van der Waals surface area contributed by atoms with Gasteiger partial charge in [0.25, 0.3) is 0 Å². The molecule has 0 bridgehead atoms. The van der Waals surface area contributed by atoms with Gasteiger partial charge in [0.1, 0.15) is 10.7 Å². The molecule has 0 aromatic carbocycles. The van der Waals surface area contributed by atoms with E-state index in [2.05, 4.69) is 53.3 Å². The molecule has 0 aliphatic carbocycles. The van der Waals surface area contributed by atoms with Crippen LogP contribution in [-0.4, -0.2) is 24.6 Å². The third kappa shape index (κ3) is 2.81. The number of thiophene rings is 1. The number of aromatic nitrogens is 5. The SMILES string of the molecule is Cc1sc2nc(C(C)C)n3c(SCc4cccnc4)nnc3c2c1C. The van der Waals surface area contributed by atoms with Gasteiger partial charge in [-0.25, -0.2) is 4.98 Å². The van der Waals surface area contributed by atoms with Crippen molar-refractivity contribution in [1.29, 1.82) is 0 Å². The number of nitrogens with zero attached hydrogens (tertiary/aromatic N) is 5. The number of hydrogen-bond donors (Lipinski definition) is 0. The Balaban J connectivity index is 1.87. The number of rotatable bonds is 4. The van der Waals surface area contributed by atoms with E-state index >= 15 is 0 Å². The molecule has 0 amide bonds. The molecular formula is C18H19N5S2. The first-order chi connectivity index (χ1) is 12.1. The van der Waals surface area contributed by atoms with Gasteiger partial charge in [-0.05, 0) is 31.0 Å². The summed E-state index contributed by atoms with van der Waals surface area (Å²) in [7, 11) is 0. The number of pyridine rings is 1. The predicted octanol–water partition coefficient (Wildman–Crippen LogP) is 4.77. The Morgan fingerprint density at radius 3 is 2.80 bits per heavy atom. The normalized spacial score (nSPS) is 11.9. The Bertz CT molecular complexity index is 1050. The molecule has 4 aromatic heterocycles. The minimum absolute atomic E-state index is 0.295. The zero-order valence-electron chi connectivity index (χ0n) is 14.6. The smallest absolute Gasteiger partial charge is 0.197 e. The molecule has 0 saturated carbocycles. The van der Waals surface area contributed by atoms with Crippen molar-refractivity contribution in [2.75, 3.05) is 0 Å². The second-order valence-electron chi connectivity index (χ2n) is 6.38. The molecule has 7 heteroatoms. The summed E-state index contributed by atoms with van der Waals surface area (Å²) in [6, 6.07) is 4.04. The molecule has 0 radical (unpaired) electrons. The average molecular weight is 370 g/mol. The van der Waals surface area contributed by atoms with Gasteiger partial charge >= 0.3 is 0 Å². The van der Waals surface area contributed by atoms with Gasteiger partial charge in [0.15, 0.2) is 10.8 Å². The minimum Gasteiger partial charge on any atom is -0.264 e. The zero-order valence-corrected chi connectivity index (χ0v) is 16.3. The van der Waals surface area contributed by atoms with Crippen molar-refractivity contribution in [3.05, 3.63) is 46.4 Å². The fourth-order valence-corrected chi connectivity index (χ4v) is 4.76. The summed E-state index contributed by atoms with van der Waals surface area (Å²) >= 11 is 3.41. The Labute approximate surface area is 154 Å². The van der Waals surface area contributed by atoms with E-state index < -0.39 is 0 Å². The molecule has 4 heterocycles. The van der Waals surface area contributed by atoms with E-state index in [1.165, 1.54) is 16.0 Å². The molecular weight excluding hydrogens is 350 g/mol. The van der Waals surface area contributed by atoms with E-state index in [1.807, 2.05) is 12.3 Å². The molecule has 25 heavy (non-hydrogen) atoms. The molecule has 0 fully saturated rings. The minimum atomic E-state index is 0.295. The Morgan fingerprint density at radius 2 is 2.08 bits per heavy atom. The zero-order chi connectivity index (χ0) is 17.6. The van der Waals surface area contributed by atoms with Crippen molar-refractivity contribution in [1.82, 2.24) is 24.6 Å². The van der Waals surface area contributed by atoms with Crippen molar-refractivity contribution in [2.45, 2.75) is 44.5 Å². The monoisotopic (exact) mass is 369 g/mol. The number of thioether (sulfide) groups is 1. The summed E-state index contributed by atoms with van der Waals surface area (Å²) < 4.78 is 2.13. The first-order valence-electron chi connectivity index (χ1n) is 8.22. The lowest BCUT2D eigenvalue weighted by Gasteiger charge is -2.10. The van der Waals surface area contributed by atoms with Crippen molar-refractivity contribution >= 4 is 39.0 Å². The van der Waals surface area contributed by atoms with Crippen LogP contribution in [0.15, 0.2) is 29.7 Å². The molecule has 5 nitrogen and oxygen atoms in total. The second kappa shape index (κ2) is 6.38. The highest BCUT2D eigenvalue weighted by Crippen LogP contribution is 2.35. The number of fused-ring (bicyclic) bond motifs is 3. The molecule has 0 N–H and O–H groups in total. The van der Waals surface area contributed by atoms with Gasteiger partial charge < -0.3 is 0 Å². The van der Waals surface area contributed by atoms with Crippen LogP contribution in [0.4, 0.5) is 0 Å². The summed E-state index contributed by atoms with van der Waals surface area (Å²) in [5, 5.41) is 11.0. The summed E-state index contributed by atoms with van der Waals surface area (Å²) in [5.74, 6) is 2.12. The maximum atomic E-state index is 4.95. The maximum absolute atomic E-state index is 4.95. The van der Waals surface area contributed by atoms with Gasteiger partial charge in [0.2, 0.25) is 0 Å². The van der Waals surface area contributed by atoms with Gasteiger partial charge in [-0.1, -0.05) is 31.7 Å². The highest BCUT2D eigenvalue weighted by Gasteiger charge is 2.20. The van der Waals surface area contributed by atoms with Crippen molar-refractivity contribution < 1.29 is 0 Å². The van der Waals surface area contributed by atoms with E-state index in [0.717, 1.165) is 32.6 Å². The summed E-state index contributed by atoms with van der Waals surface area (Å²) in [6.45, 7) is 8.61. The Hall–Kier alpha value is -1.99. The van der Waals surface area contributed by atoms with Crippen LogP contribution in [0, 0.1) is 13.8 Å². The molecule has 0 unspecified atom stereocenters. The molecule has 128 valence electrons. The van der Waals surface area contributed by atoms with Crippen LogP contribution in [0.2, 0.25) is 0 Å². The topological polar surface area (TPSA) is 56.0 Å². The van der Waals surface area contributed by atoms with Crippen LogP contribution in [0.25, 0.3) is 15.9 Å². The van der Waals surface area contributed by atoms with Crippen LogP contribution in [0.5, 0.6) is 0 Å². The fraction of sp³-hybridized carbons (Fsp3) is 0.333. The first kappa shape index (κ1) is 16.5. The van der Waals surface area contributed by atoms with Gasteiger partial charge in [-0.2, -0.15) is 0 Å². The maximum Gasteiger partial charge on any atom is 0.197 e. The van der Waals surface area contributed by atoms with E-state index in [0.29, 0.717) is 5.92 Å². The molecule has 0 aliphatic heterocycles. The molecule has 4 rings (SSSR count). The van der Waals surface area contributed by atoms with Gasteiger partial charge in [-0.15, -0.1) is 21.5 Å². The third-order valence-electron chi connectivity index (χ3n) is 4.28. The van der Waals surface area contributed by atoms with Gasteiger partial charge in [0.05, 0.1) is 5.39 Å². The second-order valence-corrected chi connectivity index (χ2v) is 8.53. The van der Waals surface area contributed by atoms with E-state index in [9.17, 15) is 0 Å². The Kier molecular flexibility index (Phi) is 4.21. The van der Waals surface area contributed by atoms with Crippen LogP contribution in [0.3, 0.4) is 0 Å². The molecule has 0 aliphatic rings. The highest BCUT2D eigenvalue weighted by atomic mass is 32.2. The van der Waals surface area contributed by atoms with Crippen LogP contribution in [-0.2, 0) is 5.75 Å². The molecule has 0 saturated heterocycles. The third-order valence-corrected chi connectivity index (χ3v) is 6.38. The fourth-order valence-electron chi connectivity index (χ4n) is 2.86. The van der Waals surface area contributed by atoms with E-state index in [4.69, 9.17) is 4.98 Å². The highest BCUT2D eigenvalue weighted by molar-refractivity contribution is 7.98. The summed E-state index contributed by atoms with van der Waals surface area (Å²) in [5.41, 5.74) is 3.35.